The molecule has 4 aliphatic rings. The summed E-state index contributed by atoms with van der Waals surface area (Å²) >= 11 is 0. The van der Waals surface area contributed by atoms with Crippen molar-refractivity contribution in [2.75, 3.05) is 0 Å². The third kappa shape index (κ3) is 6.28. The van der Waals surface area contributed by atoms with Crippen LogP contribution in [0.2, 0.25) is 0 Å². The van der Waals surface area contributed by atoms with Crippen LogP contribution in [0.5, 0.6) is 0 Å². The fraction of sp³-hybridized carbons (Fsp3) is 0.610. The summed E-state index contributed by atoms with van der Waals surface area (Å²) in [6.45, 7) is 12.2. The molecule has 0 unspecified atom stereocenters. The fourth-order valence-electron chi connectivity index (χ4n) is 10.4. The second-order valence-electron chi connectivity index (χ2n) is 15.8. The molecule has 9 atom stereocenters. The van der Waals surface area contributed by atoms with E-state index < -0.39 is 0 Å². The van der Waals surface area contributed by atoms with Gasteiger partial charge in [-0.05, 0) is 109 Å². The molecule has 0 heterocycles. The maximum absolute atomic E-state index is 13.6. The number of hydrogen-bond donors (Lipinski definition) is 0. The molecule has 0 spiro atoms. The average Bonchev–Trinajstić information content (AvgIpc) is 3.39. The minimum absolute atomic E-state index is 0.0400. The van der Waals surface area contributed by atoms with Gasteiger partial charge >= 0.3 is 11.9 Å². The summed E-state index contributed by atoms with van der Waals surface area (Å²) < 4.78 is 12.6. The lowest BCUT2D eigenvalue weighted by Crippen LogP contribution is -2.55. The molecule has 0 N–H and O–H groups in total. The molecular weight excluding hydrogens is 556 g/mol. The molecule has 2 aromatic carbocycles. The van der Waals surface area contributed by atoms with Crippen molar-refractivity contribution >= 4 is 11.9 Å². The van der Waals surface area contributed by atoms with Gasteiger partial charge in [-0.1, -0.05) is 95.9 Å². The molecule has 45 heavy (non-hydrogen) atoms. The van der Waals surface area contributed by atoms with Gasteiger partial charge in [0.2, 0.25) is 0 Å². The van der Waals surface area contributed by atoms with Crippen LogP contribution >= 0.6 is 0 Å². The number of benzene rings is 2. The number of fused-ring (bicyclic) bond motifs is 5. The number of ether oxygens (including phenoxy) is 2. The second-order valence-corrected chi connectivity index (χ2v) is 15.8. The predicted molar refractivity (Wildman–Crippen MR) is 180 cm³/mol. The topological polar surface area (TPSA) is 52.6 Å². The molecule has 4 nitrogen and oxygen atoms in total. The molecule has 3 fully saturated rings. The number of carbonyl (C=O) groups excluding carboxylic acids is 2. The van der Waals surface area contributed by atoms with Crippen LogP contribution in [0.25, 0.3) is 0 Å². The van der Waals surface area contributed by atoms with Crippen LogP contribution in [0.15, 0.2) is 72.3 Å². The highest BCUT2D eigenvalue weighted by molar-refractivity contribution is 5.90. The van der Waals surface area contributed by atoms with E-state index >= 15 is 0 Å². The van der Waals surface area contributed by atoms with Gasteiger partial charge in [0.25, 0.3) is 0 Å². The Bertz CT molecular complexity index is 1360. The van der Waals surface area contributed by atoms with Gasteiger partial charge in [-0.3, -0.25) is 0 Å². The SMILES string of the molecule is CC(C)CCC[C@@H](C)[C@H]1CC[C@H]2[C@@H]3[C@H](OC(=O)c4ccccc4)C=C4C[C@@H](OC(=O)c5ccccc5)CC[C@]4(C)[C@H]3CC[C@]12C. The number of carbonyl (C=O) groups is 2. The molecule has 0 aliphatic heterocycles. The van der Waals surface area contributed by atoms with Crippen molar-refractivity contribution in [1.82, 2.24) is 0 Å². The Morgan fingerprint density at radius 3 is 2.07 bits per heavy atom. The Morgan fingerprint density at radius 1 is 0.778 bits per heavy atom. The summed E-state index contributed by atoms with van der Waals surface area (Å²) in [6.07, 6.45) is 13.4. The van der Waals surface area contributed by atoms with Gasteiger partial charge in [-0.2, -0.15) is 0 Å². The monoisotopic (exact) mass is 610 g/mol. The summed E-state index contributed by atoms with van der Waals surface area (Å²) in [5, 5.41) is 0. The first-order valence-electron chi connectivity index (χ1n) is 17.8. The third-order valence-electron chi connectivity index (χ3n) is 12.8. The van der Waals surface area contributed by atoms with E-state index in [1.165, 1.54) is 50.5 Å². The van der Waals surface area contributed by atoms with E-state index in [9.17, 15) is 9.59 Å². The van der Waals surface area contributed by atoms with Gasteiger partial charge in [-0.15, -0.1) is 0 Å². The minimum atomic E-state index is -0.256. The van der Waals surface area contributed by atoms with Gasteiger partial charge in [0.05, 0.1) is 11.1 Å². The maximum atomic E-state index is 13.6. The second kappa shape index (κ2) is 13.1. The van der Waals surface area contributed by atoms with Crippen molar-refractivity contribution in [1.29, 1.82) is 0 Å². The molecule has 0 aromatic heterocycles. The first kappa shape index (κ1) is 32.1. The third-order valence-corrected chi connectivity index (χ3v) is 12.8. The zero-order valence-corrected chi connectivity index (χ0v) is 28.2. The summed E-state index contributed by atoms with van der Waals surface area (Å²) in [6, 6.07) is 18.8. The van der Waals surface area contributed by atoms with Crippen molar-refractivity contribution in [2.45, 2.75) is 111 Å². The standard InChI is InChI=1S/C41H54O4/c1-27(2)13-12-14-28(3)33-19-20-34-37-35(22-24-41(33,34)5)40(4)23-21-32(44-38(42)29-15-8-6-9-16-29)25-31(40)26-36(37)45-39(43)30-17-10-7-11-18-30/h6-11,15-18,26-28,32-37H,12-14,19-25H2,1-5H3/t28-,32+,33-,34+,35+,36-,37+,40+,41-/m1/s1. The predicted octanol–water partition coefficient (Wildman–Crippen LogP) is 10.1. The molecule has 3 saturated carbocycles. The van der Waals surface area contributed by atoms with Crippen LogP contribution in [0, 0.1) is 46.3 Å². The van der Waals surface area contributed by atoms with Crippen LogP contribution in [0.1, 0.15) is 120 Å². The summed E-state index contributed by atoms with van der Waals surface area (Å²) in [4.78, 5) is 26.6. The Morgan fingerprint density at radius 2 is 1.42 bits per heavy atom. The zero-order valence-electron chi connectivity index (χ0n) is 28.2. The van der Waals surface area contributed by atoms with Crippen LogP contribution in [-0.2, 0) is 9.47 Å². The normalized spacial score (nSPS) is 34.6. The smallest absolute Gasteiger partial charge is 0.338 e. The van der Waals surface area contributed by atoms with Crippen molar-refractivity contribution < 1.29 is 19.1 Å². The summed E-state index contributed by atoms with van der Waals surface area (Å²) in [5.74, 6) is 3.07. The summed E-state index contributed by atoms with van der Waals surface area (Å²) in [5.41, 5.74) is 2.85. The van der Waals surface area contributed by atoms with Gasteiger partial charge < -0.3 is 9.47 Å². The number of esters is 2. The van der Waals surface area contributed by atoms with Gasteiger partial charge in [-0.25, -0.2) is 9.59 Å². The molecule has 4 heteroatoms. The van der Waals surface area contributed by atoms with E-state index in [4.69, 9.17) is 9.47 Å². The van der Waals surface area contributed by atoms with Crippen molar-refractivity contribution in [3.05, 3.63) is 83.4 Å². The molecule has 2 aromatic rings. The quantitative estimate of drug-likeness (QED) is 0.209. The average molecular weight is 611 g/mol. The molecule has 0 saturated heterocycles. The molecule has 0 radical (unpaired) electrons. The highest BCUT2D eigenvalue weighted by Crippen LogP contribution is 2.67. The maximum Gasteiger partial charge on any atom is 0.338 e. The van der Waals surface area contributed by atoms with E-state index in [2.05, 4.69) is 40.7 Å². The van der Waals surface area contributed by atoms with Crippen LogP contribution < -0.4 is 0 Å². The zero-order chi connectivity index (χ0) is 31.8. The lowest BCUT2D eigenvalue weighted by Gasteiger charge is -2.59. The minimum Gasteiger partial charge on any atom is -0.458 e. The van der Waals surface area contributed by atoms with Crippen LogP contribution in [-0.4, -0.2) is 24.1 Å². The van der Waals surface area contributed by atoms with Crippen LogP contribution in [0.3, 0.4) is 0 Å². The molecule has 6 rings (SSSR count). The first-order chi connectivity index (χ1) is 21.6. The van der Waals surface area contributed by atoms with Crippen molar-refractivity contribution in [3.8, 4) is 0 Å². The highest BCUT2D eigenvalue weighted by atomic mass is 16.5. The van der Waals surface area contributed by atoms with E-state index in [0.717, 1.165) is 37.0 Å². The Hall–Kier alpha value is -2.88. The molecule has 0 bridgehead atoms. The van der Waals surface area contributed by atoms with E-state index in [1.807, 2.05) is 60.7 Å². The Labute approximate surface area is 271 Å². The van der Waals surface area contributed by atoms with Gasteiger partial charge in [0.15, 0.2) is 0 Å². The van der Waals surface area contributed by atoms with Gasteiger partial charge in [0, 0.05) is 12.3 Å². The summed E-state index contributed by atoms with van der Waals surface area (Å²) in [7, 11) is 0. The number of rotatable bonds is 9. The Balaban J connectivity index is 1.28. The fourth-order valence-corrected chi connectivity index (χ4v) is 10.4. The number of hydrogen-bond acceptors (Lipinski definition) is 4. The van der Waals surface area contributed by atoms with Crippen molar-refractivity contribution in [2.24, 2.45) is 46.3 Å². The largest absolute Gasteiger partial charge is 0.458 e. The highest BCUT2D eigenvalue weighted by Gasteiger charge is 2.62. The van der Waals surface area contributed by atoms with E-state index in [1.54, 1.807) is 0 Å². The molecule has 242 valence electrons. The first-order valence-corrected chi connectivity index (χ1v) is 17.8. The molecule has 0 amide bonds. The molecular formula is C41H54O4. The Kier molecular flexibility index (Phi) is 9.33. The van der Waals surface area contributed by atoms with Crippen molar-refractivity contribution in [3.63, 3.8) is 0 Å². The van der Waals surface area contributed by atoms with Gasteiger partial charge in [0.1, 0.15) is 12.2 Å². The van der Waals surface area contributed by atoms with Crippen LogP contribution in [0.4, 0.5) is 0 Å². The van der Waals surface area contributed by atoms with E-state index in [0.29, 0.717) is 28.9 Å². The lowest BCUT2D eigenvalue weighted by molar-refractivity contribution is -0.102. The molecule has 4 aliphatic carbocycles. The van der Waals surface area contributed by atoms with E-state index in [-0.39, 0.29) is 35.0 Å². The lowest BCUT2D eigenvalue weighted by atomic mass is 9.46.